The summed E-state index contributed by atoms with van der Waals surface area (Å²) in [6.45, 7) is 7.75. The average molecular weight is 358 g/mol. The van der Waals surface area contributed by atoms with Crippen molar-refractivity contribution < 1.29 is 9.32 Å². The lowest BCUT2D eigenvalue weighted by molar-refractivity contribution is 0.0610. The van der Waals surface area contributed by atoms with Crippen LogP contribution in [-0.2, 0) is 6.54 Å². The van der Waals surface area contributed by atoms with E-state index < -0.39 is 0 Å². The van der Waals surface area contributed by atoms with Crippen LogP contribution in [0.4, 0.5) is 0 Å². The van der Waals surface area contributed by atoms with E-state index in [0.717, 1.165) is 57.0 Å². The third kappa shape index (κ3) is 3.81. The fraction of sp³-hybridized carbons (Fsp3) is 0.611. The van der Waals surface area contributed by atoms with Crippen molar-refractivity contribution in [1.82, 2.24) is 30.1 Å². The van der Waals surface area contributed by atoms with E-state index in [1.54, 1.807) is 0 Å². The van der Waals surface area contributed by atoms with Gasteiger partial charge in [0.05, 0.1) is 18.3 Å². The molecule has 26 heavy (non-hydrogen) atoms. The number of piperazine rings is 1. The van der Waals surface area contributed by atoms with E-state index >= 15 is 0 Å². The third-order valence-electron chi connectivity index (χ3n) is 5.19. The highest BCUT2D eigenvalue weighted by Crippen LogP contribution is 2.17. The van der Waals surface area contributed by atoms with Crippen LogP contribution in [0.1, 0.15) is 40.8 Å². The number of aromatic nitrogens is 3. The van der Waals surface area contributed by atoms with Crippen molar-refractivity contribution in [2.75, 3.05) is 39.3 Å². The molecular formula is C18H26N6O2. The summed E-state index contributed by atoms with van der Waals surface area (Å²) >= 11 is 0. The predicted octanol–water partition coefficient (Wildman–Crippen LogP) is 1.06. The highest BCUT2D eigenvalue weighted by Gasteiger charge is 2.25. The minimum absolute atomic E-state index is 0.0303. The number of rotatable bonds is 4. The number of nitrogens with one attached hydrogen (secondary N) is 1. The lowest BCUT2D eigenvalue weighted by Gasteiger charge is -2.33. The Balaban J connectivity index is 1.31. The summed E-state index contributed by atoms with van der Waals surface area (Å²) in [5.41, 5.74) is 1.45. The number of aryl methyl sites for hydroxylation is 1. The predicted molar refractivity (Wildman–Crippen MR) is 95.8 cm³/mol. The number of hydrogen-bond acceptors (Lipinski definition) is 6. The van der Waals surface area contributed by atoms with Crippen molar-refractivity contribution in [2.45, 2.75) is 32.4 Å². The van der Waals surface area contributed by atoms with Gasteiger partial charge in [0.25, 0.3) is 5.91 Å². The molecule has 2 fully saturated rings. The Hall–Kier alpha value is -2.19. The Morgan fingerprint density at radius 3 is 2.88 bits per heavy atom. The highest BCUT2D eigenvalue weighted by atomic mass is 16.5. The zero-order valence-corrected chi connectivity index (χ0v) is 15.2. The molecule has 2 aromatic rings. The Labute approximate surface area is 153 Å². The molecule has 2 aliphatic heterocycles. The van der Waals surface area contributed by atoms with Gasteiger partial charge in [0.1, 0.15) is 5.69 Å². The molecule has 0 aromatic carbocycles. The van der Waals surface area contributed by atoms with Gasteiger partial charge in [-0.3, -0.25) is 14.4 Å². The fourth-order valence-electron chi connectivity index (χ4n) is 3.70. The Morgan fingerprint density at radius 2 is 2.19 bits per heavy atom. The lowest BCUT2D eigenvalue weighted by Crippen LogP contribution is -2.48. The SMILES string of the molecule is Cc1cc(CN2CCN(C(=O)c3ccn(C4CCCNC4)n3)CC2)on1. The smallest absolute Gasteiger partial charge is 0.274 e. The summed E-state index contributed by atoms with van der Waals surface area (Å²) in [5.74, 6) is 0.907. The van der Waals surface area contributed by atoms with Gasteiger partial charge in [0.15, 0.2) is 5.76 Å². The minimum Gasteiger partial charge on any atom is -0.360 e. The monoisotopic (exact) mass is 358 g/mol. The van der Waals surface area contributed by atoms with Gasteiger partial charge in [0.2, 0.25) is 0 Å². The molecule has 1 unspecified atom stereocenters. The first-order valence-electron chi connectivity index (χ1n) is 9.39. The van der Waals surface area contributed by atoms with Gasteiger partial charge in [0, 0.05) is 45.0 Å². The maximum Gasteiger partial charge on any atom is 0.274 e. The van der Waals surface area contributed by atoms with E-state index in [0.29, 0.717) is 24.8 Å². The quantitative estimate of drug-likeness (QED) is 0.880. The van der Waals surface area contributed by atoms with Crippen molar-refractivity contribution in [1.29, 1.82) is 0 Å². The zero-order chi connectivity index (χ0) is 17.9. The molecule has 0 bridgehead atoms. The number of nitrogens with zero attached hydrogens (tertiary/aromatic N) is 5. The van der Waals surface area contributed by atoms with Gasteiger partial charge in [-0.25, -0.2) is 0 Å². The molecule has 2 aromatic heterocycles. The maximum atomic E-state index is 12.8. The molecule has 4 heterocycles. The minimum atomic E-state index is 0.0303. The molecule has 0 aliphatic carbocycles. The van der Waals surface area contributed by atoms with E-state index in [-0.39, 0.29) is 5.91 Å². The van der Waals surface area contributed by atoms with Crippen molar-refractivity contribution >= 4 is 5.91 Å². The van der Waals surface area contributed by atoms with Crippen LogP contribution in [0.2, 0.25) is 0 Å². The van der Waals surface area contributed by atoms with Crippen LogP contribution >= 0.6 is 0 Å². The summed E-state index contributed by atoms with van der Waals surface area (Å²) in [6, 6.07) is 4.16. The number of piperidine rings is 1. The van der Waals surface area contributed by atoms with E-state index in [9.17, 15) is 4.79 Å². The van der Waals surface area contributed by atoms with E-state index in [2.05, 4.69) is 20.5 Å². The third-order valence-corrected chi connectivity index (χ3v) is 5.19. The van der Waals surface area contributed by atoms with E-state index in [4.69, 9.17) is 4.52 Å². The molecular weight excluding hydrogens is 332 g/mol. The second-order valence-electron chi connectivity index (χ2n) is 7.18. The molecule has 0 radical (unpaired) electrons. The second-order valence-corrected chi connectivity index (χ2v) is 7.18. The first kappa shape index (κ1) is 17.2. The van der Waals surface area contributed by atoms with Gasteiger partial charge in [-0.15, -0.1) is 0 Å². The molecule has 2 saturated heterocycles. The van der Waals surface area contributed by atoms with Gasteiger partial charge in [-0.05, 0) is 32.4 Å². The standard InChI is InChI=1S/C18H26N6O2/c1-14-11-16(26-21-14)13-22-7-9-23(10-8-22)18(25)17-4-6-24(20-17)15-3-2-5-19-12-15/h4,6,11,15,19H,2-3,5,7-10,12-13H2,1H3. The van der Waals surface area contributed by atoms with Gasteiger partial charge in [-0.1, -0.05) is 5.16 Å². The van der Waals surface area contributed by atoms with Crippen molar-refractivity contribution in [3.05, 3.63) is 35.5 Å². The normalized spacial score (nSPS) is 21.9. The second kappa shape index (κ2) is 7.59. The topological polar surface area (TPSA) is 79.4 Å². The van der Waals surface area contributed by atoms with E-state index in [1.807, 2.05) is 34.8 Å². The van der Waals surface area contributed by atoms with Crippen molar-refractivity contribution in [3.63, 3.8) is 0 Å². The van der Waals surface area contributed by atoms with Gasteiger partial charge in [-0.2, -0.15) is 5.10 Å². The fourth-order valence-corrected chi connectivity index (χ4v) is 3.70. The van der Waals surface area contributed by atoms with Gasteiger partial charge >= 0.3 is 0 Å². The van der Waals surface area contributed by atoms with Crippen LogP contribution in [-0.4, -0.2) is 69.9 Å². The molecule has 8 nitrogen and oxygen atoms in total. The zero-order valence-electron chi connectivity index (χ0n) is 15.2. The molecule has 1 atom stereocenters. The molecule has 8 heteroatoms. The molecule has 2 aliphatic rings. The molecule has 140 valence electrons. The van der Waals surface area contributed by atoms with Crippen LogP contribution in [0.5, 0.6) is 0 Å². The lowest BCUT2D eigenvalue weighted by atomic mass is 10.1. The van der Waals surface area contributed by atoms with Crippen molar-refractivity contribution in [3.8, 4) is 0 Å². The number of amides is 1. The average Bonchev–Trinajstić information content (AvgIpc) is 3.32. The molecule has 4 rings (SSSR count). The number of carbonyl (C=O) groups is 1. The van der Waals surface area contributed by atoms with E-state index in [1.165, 1.54) is 0 Å². The van der Waals surface area contributed by atoms with Crippen LogP contribution in [0.3, 0.4) is 0 Å². The molecule has 1 amide bonds. The Kier molecular flexibility index (Phi) is 5.03. The van der Waals surface area contributed by atoms with Crippen LogP contribution in [0, 0.1) is 6.92 Å². The number of hydrogen-bond donors (Lipinski definition) is 1. The van der Waals surface area contributed by atoms with Gasteiger partial charge < -0.3 is 14.7 Å². The summed E-state index contributed by atoms with van der Waals surface area (Å²) < 4.78 is 7.23. The first-order chi connectivity index (χ1) is 12.7. The molecule has 1 N–H and O–H groups in total. The van der Waals surface area contributed by atoms with Crippen molar-refractivity contribution in [2.24, 2.45) is 0 Å². The molecule has 0 saturated carbocycles. The maximum absolute atomic E-state index is 12.8. The summed E-state index contributed by atoms with van der Waals surface area (Å²) in [6.07, 6.45) is 4.20. The Morgan fingerprint density at radius 1 is 1.35 bits per heavy atom. The first-order valence-corrected chi connectivity index (χ1v) is 9.39. The summed E-state index contributed by atoms with van der Waals surface area (Å²) in [5, 5.41) is 11.9. The molecule has 0 spiro atoms. The number of carbonyl (C=O) groups excluding carboxylic acids is 1. The summed E-state index contributed by atoms with van der Waals surface area (Å²) in [7, 11) is 0. The van der Waals surface area contributed by atoms with Crippen LogP contribution < -0.4 is 5.32 Å². The largest absolute Gasteiger partial charge is 0.360 e. The summed E-state index contributed by atoms with van der Waals surface area (Å²) in [4.78, 5) is 16.9. The van der Waals surface area contributed by atoms with Crippen LogP contribution in [0.25, 0.3) is 0 Å². The highest BCUT2D eigenvalue weighted by molar-refractivity contribution is 5.92. The Bertz CT molecular complexity index is 740. The van der Waals surface area contributed by atoms with Crippen LogP contribution in [0.15, 0.2) is 22.9 Å².